The van der Waals surface area contributed by atoms with Crippen molar-refractivity contribution in [2.45, 2.75) is 32.4 Å². The highest BCUT2D eigenvalue weighted by molar-refractivity contribution is 7.80. The molecular weight excluding hydrogens is 438 g/mol. The molecule has 2 aliphatic rings. The summed E-state index contributed by atoms with van der Waals surface area (Å²) in [7, 11) is 0. The topological polar surface area (TPSA) is 75.8 Å². The van der Waals surface area contributed by atoms with Gasteiger partial charge >= 0.3 is 0 Å². The van der Waals surface area contributed by atoms with E-state index in [-0.39, 0.29) is 11.7 Å². The number of H-pyrrole nitrogens is 1. The molecule has 1 fully saturated rings. The maximum atomic E-state index is 13.0. The zero-order chi connectivity index (χ0) is 22.8. The largest absolute Gasteiger partial charge is 0.486 e. The Balaban J connectivity index is 1.42. The van der Waals surface area contributed by atoms with E-state index in [0.717, 1.165) is 41.6 Å². The van der Waals surface area contributed by atoms with Gasteiger partial charge in [-0.25, -0.2) is 0 Å². The molecule has 2 aliphatic heterocycles. The van der Waals surface area contributed by atoms with E-state index in [1.165, 1.54) is 0 Å². The molecule has 3 aromatic rings. The summed E-state index contributed by atoms with van der Waals surface area (Å²) in [6.07, 6.45) is 2.13. The van der Waals surface area contributed by atoms with Gasteiger partial charge in [-0.1, -0.05) is 12.1 Å². The molecule has 0 radical (unpaired) electrons. The first-order valence-corrected chi connectivity index (χ1v) is 11.7. The number of nitrogens with one attached hydrogen (secondary N) is 2. The summed E-state index contributed by atoms with van der Waals surface area (Å²) in [6.45, 7) is 4.82. The average molecular weight is 466 g/mol. The van der Waals surface area contributed by atoms with Crippen molar-refractivity contribution in [2.24, 2.45) is 0 Å². The number of nitrogens with zero attached hydrogens (tertiary/aromatic N) is 1. The third kappa shape index (κ3) is 4.96. The summed E-state index contributed by atoms with van der Waals surface area (Å²) in [6, 6.07) is 13.7. The average Bonchev–Trinajstić information content (AvgIpc) is 3.31. The van der Waals surface area contributed by atoms with Crippen molar-refractivity contribution < 1.29 is 14.2 Å². The van der Waals surface area contributed by atoms with Crippen LogP contribution in [0.2, 0.25) is 0 Å². The Hall–Kier alpha value is -3.10. The van der Waals surface area contributed by atoms with Crippen molar-refractivity contribution in [1.29, 1.82) is 0 Å². The van der Waals surface area contributed by atoms with Crippen molar-refractivity contribution in [1.82, 2.24) is 9.88 Å². The van der Waals surface area contributed by atoms with Crippen LogP contribution in [0, 0.1) is 6.92 Å². The van der Waals surface area contributed by atoms with Crippen molar-refractivity contribution in [3.8, 4) is 11.5 Å². The van der Waals surface area contributed by atoms with E-state index in [1.807, 2.05) is 54.3 Å². The fourth-order valence-electron chi connectivity index (χ4n) is 4.29. The summed E-state index contributed by atoms with van der Waals surface area (Å²) in [5, 5.41) is 4.79. The Labute approximate surface area is 197 Å². The third-order valence-corrected chi connectivity index (χ3v) is 6.31. The molecule has 33 heavy (non-hydrogen) atoms. The molecule has 2 aromatic carbocycles. The Kier molecular flexibility index (Phi) is 6.20. The van der Waals surface area contributed by atoms with Gasteiger partial charge in [-0.05, 0) is 61.8 Å². The van der Waals surface area contributed by atoms with Crippen LogP contribution in [0.15, 0.2) is 47.3 Å². The van der Waals surface area contributed by atoms with E-state index in [4.69, 9.17) is 26.4 Å². The molecule has 1 atom stereocenters. The van der Waals surface area contributed by atoms with Crippen LogP contribution in [0.1, 0.15) is 24.0 Å². The van der Waals surface area contributed by atoms with Gasteiger partial charge in [0, 0.05) is 35.9 Å². The highest BCUT2D eigenvalue weighted by atomic mass is 32.1. The molecule has 0 amide bonds. The second kappa shape index (κ2) is 9.41. The summed E-state index contributed by atoms with van der Waals surface area (Å²) < 4.78 is 17.2. The summed E-state index contributed by atoms with van der Waals surface area (Å²) in [4.78, 5) is 18.0. The number of fused-ring (bicyclic) bond motifs is 2. The number of aromatic amines is 1. The molecule has 8 heteroatoms. The summed E-state index contributed by atoms with van der Waals surface area (Å²) >= 11 is 5.76. The lowest BCUT2D eigenvalue weighted by Gasteiger charge is -2.28. The summed E-state index contributed by atoms with van der Waals surface area (Å²) in [5.41, 5.74) is 3.28. The molecule has 0 spiro atoms. The number of hydrogen-bond donors (Lipinski definition) is 2. The molecule has 0 saturated carbocycles. The lowest BCUT2D eigenvalue weighted by Crippen LogP contribution is -2.40. The highest BCUT2D eigenvalue weighted by Gasteiger charge is 2.23. The van der Waals surface area contributed by atoms with Crippen LogP contribution in [-0.4, -0.2) is 47.5 Å². The first-order valence-electron chi connectivity index (χ1n) is 11.2. The Morgan fingerprint density at radius 3 is 2.73 bits per heavy atom. The molecule has 1 saturated heterocycles. The van der Waals surface area contributed by atoms with Crippen LogP contribution >= 0.6 is 12.2 Å². The van der Waals surface area contributed by atoms with Gasteiger partial charge < -0.3 is 29.4 Å². The molecule has 5 rings (SSSR count). The standard InChI is InChI=1S/C25H27N3O4S/c1-16-4-2-5-19(10-16)26-25(33)28(15-20-6-3-7-30-20)14-18-11-17-12-22-23(32-9-8-31-22)13-21(17)27-24(18)29/h2,4-5,10-13,20H,3,6-9,14-15H2,1H3,(H,26,33)(H,27,29)/t20-/m0/s1. The zero-order valence-corrected chi connectivity index (χ0v) is 19.4. The first-order chi connectivity index (χ1) is 16.0. The number of ether oxygens (including phenoxy) is 3. The second-order valence-electron chi connectivity index (χ2n) is 8.52. The second-order valence-corrected chi connectivity index (χ2v) is 8.91. The maximum Gasteiger partial charge on any atom is 0.253 e. The third-order valence-electron chi connectivity index (χ3n) is 5.95. The predicted molar refractivity (Wildman–Crippen MR) is 132 cm³/mol. The fraction of sp³-hybridized carbons (Fsp3) is 0.360. The van der Waals surface area contributed by atoms with Gasteiger partial charge in [0.1, 0.15) is 13.2 Å². The quantitative estimate of drug-likeness (QED) is 0.552. The monoisotopic (exact) mass is 465 g/mol. The van der Waals surface area contributed by atoms with E-state index < -0.39 is 0 Å². The van der Waals surface area contributed by atoms with Gasteiger partial charge in [0.15, 0.2) is 16.6 Å². The number of rotatable bonds is 5. The van der Waals surface area contributed by atoms with Crippen LogP contribution < -0.4 is 20.3 Å². The van der Waals surface area contributed by atoms with Crippen LogP contribution in [0.4, 0.5) is 5.69 Å². The van der Waals surface area contributed by atoms with E-state index in [1.54, 1.807) is 0 Å². The van der Waals surface area contributed by atoms with Gasteiger partial charge in [0.05, 0.1) is 18.2 Å². The van der Waals surface area contributed by atoms with E-state index in [0.29, 0.717) is 48.5 Å². The maximum absolute atomic E-state index is 13.0. The number of benzene rings is 2. The lowest BCUT2D eigenvalue weighted by atomic mass is 10.1. The van der Waals surface area contributed by atoms with Crippen molar-refractivity contribution in [3.63, 3.8) is 0 Å². The number of pyridine rings is 1. The van der Waals surface area contributed by atoms with E-state index >= 15 is 0 Å². The van der Waals surface area contributed by atoms with Crippen LogP contribution in [0.3, 0.4) is 0 Å². The number of aryl methyl sites for hydroxylation is 1. The zero-order valence-electron chi connectivity index (χ0n) is 18.6. The fourth-order valence-corrected chi connectivity index (χ4v) is 4.55. The van der Waals surface area contributed by atoms with Gasteiger partial charge in [0.25, 0.3) is 5.56 Å². The van der Waals surface area contributed by atoms with Crippen molar-refractivity contribution in [2.75, 3.05) is 31.7 Å². The molecule has 0 aliphatic carbocycles. The molecule has 172 valence electrons. The predicted octanol–water partition coefficient (Wildman–Crippen LogP) is 3.99. The minimum Gasteiger partial charge on any atom is -0.486 e. The van der Waals surface area contributed by atoms with Gasteiger partial charge in [-0.2, -0.15) is 0 Å². The van der Waals surface area contributed by atoms with Gasteiger partial charge in [-0.15, -0.1) is 0 Å². The van der Waals surface area contributed by atoms with Crippen LogP contribution in [0.25, 0.3) is 10.9 Å². The van der Waals surface area contributed by atoms with Crippen molar-refractivity contribution in [3.05, 3.63) is 63.9 Å². The van der Waals surface area contributed by atoms with Gasteiger partial charge in [-0.3, -0.25) is 4.79 Å². The normalized spacial score (nSPS) is 17.2. The van der Waals surface area contributed by atoms with Gasteiger partial charge in [0.2, 0.25) is 0 Å². The summed E-state index contributed by atoms with van der Waals surface area (Å²) in [5.74, 6) is 1.35. The number of thiocarbonyl (C=S) groups is 1. The Bertz CT molecular complexity index is 1240. The van der Waals surface area contributed by atoms with Crippen molar-refractivity contribution >= 4 is 33.9 Å². The number of anilines is 1. The minimum absolute atomic E-state index is 0.0966. The number of hydrogen-bond acceptors (Lipinski definition) is 5. The van der Waals surface area contributed by atoms with Crippen LogP contribution in [0.5, 0.6) is 11.5 Å². The molecule has 7 nitrogen and oxygen atoms in total. The molecule has 2 N–H and O–H groups in total. The first kappa shape index (κ1) is 21.7. The highest BCUT2D eigenvalue weighted by Crippen LogP contribution is 2.33. The lowest BCUT2D eigenvalue weighted by molar-refractivity contribution is 0.0904. The SMILES string of the molecule is Cc1cccc(NC(=S)N(Cc2cc3cc4c(cc3[nH]c2=O)OCCO4)C[C@@H]2CCCO2)c1. The molecular formula is C25H27N3O4S. The van der Waals surface area contributed by atoms with E-state index in [2.05, 4.69) is 10.3 Å². The molecule has 0 bridgehead atoms. The Morgan fingerprint density at radius 1 is 1.15 bits per heavy atom. The van der Waals surface area contributed by atoms with E-state index in [9.17, 15) is 4.79 Å². The molecule has 0 unspecified atom stereocenters. The smallest absolute Gasteiger partial charge is 0.253 e. The number of aromatic nitrogens is 1. The molecule has 3 heterocycles. The Morgan fingerprint density at radius 2 is 1.97 bits per heavy atom. The minimum atomic E-state index is -0.144. The molecule has 1 aromatic heterocycles. The van der Waals surface area contributed by atoms with Crippen LogP contribution in [-0.2, 0) is 11.3 Å².